The molecule has 10 nitrogen and oxygen atoms in total. The van der Waals surface area contributed by atoms with Gasteiger partial charge in [0, 0.05) is 5.75 Å². The number of hydrogen-bond donors (Lipinski definition) is 7. The van der Waals surface area contributed by atoms with Gasteiger partial charge in [-0.2, -0.15) is 12.6 Å². The zero-order valence-electron chi connectivity index (χ0n) is 13.2. The average molecular weight is 363 g/mol. The number of rotatable bonds is 12. The minimum atomic E-state index is -1.20. The third-order valence-electron chi connectivity index (χ3n) is 3.13. The minimum absolute atomic E-state index is 0.0734. The number of carbonyl (C=O) groups is 4. The Morgan fingerprint density at radius 1 is 1.04 bits per heavy atom. The first-order valence-corrected chi connectivity index (χ1v) is 8.04. The summed E-state index contributed by atoms with van der Waals surface area (Å²) in [5.74, 6) is -3.47. The highest BCUT2D eigenvalue weighted by Crippen LogP contribution is 2.02. The largest absolute Gasteiger partial charge is 0.480 e. The summed E-state index contributed by atoms with van der Waals surface area (Å²) in [6.45, 7) is 0.424. The number of carboxylic acid groups (broad SMARTS) is 1. The number of nitrogens with one attached hydrogen (secondary N) is 2. The molecule has 0 radical (unpaired) electrons. The number of carbonyl (C=O) groups excluding carboxylic acids is 3. The number of primary amides is 1. The molecule has 11 heteroatoms. The Kier molecular flexibility index (Phi) is 10.8. The topological polar surface area (TPSA) is 191 Å². The zero-order chi connectivity index (χ0) is 18.7. The molecule has 0 aromatic rings. The van der Waals surface area contributed by atoms with Gasteiger partial charge in [0.2, 0.25) is 17.7 Å². The molecule has 0 aromatic heterocycles. The second-order valence-electron chi connectivity index (χ2n) is 5.20. The highest BCUT2D eigenvalue weighted by Gasteiger charge is 2.27. The van der Waals surface area contributed by atoms with Crippen molar-refractivity contribution in [1.82, 2.24) is 10.6 Å². The third kappa shape index (κ3) is 8.70. The van der Waals surface area contributed by atoms with Crippen LogP contribution in [0.15, 0.2) is 0 Å². The normalized spacial score (nSPS) is 14.3. The molecule has 0 spiro atoms. The van der Waals surface area contributed by atoms with Gasteiger partial charge in [-0.15, -0.1) is 0 Å². The number of aliphatic carboxylic acids is 1. The van der Waals surface area contributed by atoms with Crippen LogP contribution in [0, 0.1) is 0 Å². The van der Waals surface area contributed by atoms with Crippen LogP contribution >= 0.6 is 12.6 Å². The number of thiol groups is 1. The molecule has 0 rings (SSSR count). The van der Waals surface area contributed by atoms with Crippen LogP contribution in [0.4, 0.5) is 0 Å². The lowest BCUT2D eigenvalue weighted by molar-refractivity contribution is -0.142. The standard InChI is InChI=1S/C13H25N5O5S/c14-4-2-1-3-8(13(22)23)17-12(21)9(6-24)18-11(20)7(15)5-10(16)19/h7-9,24H,1-6,14-15H2,(H2,16,19)(H,17,21)(H,18,20)(H,22,23). The maximum Gasteiger partial charge on any atom is 0.326 e. The van der Waals surface area contributed by atoms with Gasteiger partial charge in [0.05, 0.1) is 12.5 Å². The molecule has 0 aliphatic rings. The highest BCUT2D eigenvalue weighted by atomic mass is 32.1. The van der Waals surface area contributed by atoms with Crippen molar-refractivity contribution in [2.45, 2.75) is 43.8 Å². The fourth-order valence-corrected chi connectivity index (χ4v) is 2.06. The van der Waals surface area contributed by atoms with E-state index < -0.39 is 41.8 Å². The van der Waals surface area contributed by atoms with Crippen LogP contribution in [0.5, 0.6) is 0 Å². The van der Waals surface area contributed by atoms with Crippen LogP contribution in [-0.4, -0.2) is 59.2 Å². The minimum Gasteiger partial charge on any atom is -0.480 e. The van der Waals surface area contributed by atoms with Crippen molar-refractivity contribution < 1.29 is 24.3 Å². The molecule has 0 aliphatic carbocycles. The van der Waals surface area contributed by atoms with Crippen molar-refractivity contribution in [2.75, 3.05) is 12.3 Å². The monoisotopic (exact) mass is 363 g/mol. The number of amides is 3. The summed E-state index contributed by atoms with van der Waals surface area (Å²) in [7, 11) is 0. The Balaban J connectivity index is 4.67. The van der Waals surface area contributed by atoms with Crippen molar-refractivity contribution in [3.05, 3.63) is 0 Å². The van der Waals surface area contributed by atoms with E-state index >= 15 is 0 Å². The lowest BCUT2D eigenvalue weighted by atomic mass is 10.1. The first kappa shape index (κ1) is 22.1. The lowest BCUT2D eigenvalue weighted by Gasteiger charge is -2.21. The SMILES string of the molecule is NCCCCC(NC(=O)C(CS)NC(=O)C(N)CC(N)=O)C(=O)O. The first-order valence-electron chi connectivity index (χ1n) is 7.41. The summed E-state index contributed by atoms with van der Waals surface area (Å²) in [6.07, 6.45) is 1.01. The molecule has 0 aromatic carbocycles. The van der Waals surface area contributed by atoms with Gasteiger partial charge in [-0.3, -0.25) is 14.4 Å². The van der Waals surface area contributed by atoms with E-state index in [1.54, 1.807) is 0 Å². The molecule has 0 fully saturated rings. The number of carboxylic acids is 1. The predicted molar refractivity (Wildman–Crippen MR) is 90.0 cm³/mol. The molecule has 3 amide bonds. The molecule has 0 bridgehead atoms. The van der Waals surface area contributed by atoms with E-state index in [4.69, 9.17) is 22.3 Å². The molecule has 138 valence electrons. The molecule has 9 N–H and O–H groups in total. The number of hydrogen-bond acceptors (Lipinski definition) is 7. The lowest BCUT2D eigenvalue weighted by Crippen LogP contribution is -2.55. The maximum atomic E-state index is 12.1. The molecular formula is C13H25N5O5S. The van der Waals surface area contributed by atoms with Crippen molar-refractivity contribution in [3.8, 4) is 0 Å². The van der Waals surface area contributed by atoms with E-state index in [-0.39, 0.29) is 18.6 Å². The van der Waals surface area contributed by atoms with Crippen LogP contribution in [0.3, 0.4) is 0 Å². The van der Waals surface area contributed by atoms with Crippen LogP contribution in [0.25, 0.3) is 0 Å². The van der Waals surface area contributed by atoms with Gasteiger partial charge in [-0.25, -0.2) is 4.79 Å². The second-order valence-corrected chi connectivity index (χ2v) is 5.57. The molecule has 24 heavy (non-hydrogen) atoms. The fourth-order valence-electron chi connectivity index (χ4n) is 1.80. The molecule has 3 unspecified atom stereocenters. The Morgan fingerprint density at radius 2 is 1.62 bits per heavy atom. The molecule has 0 saturated heterocycles. The average Bonchev–Trinajstić information content (AvgIpc) is 2.50. The van der Waals surface area contributed by atoms with Crippen molar-refractivity contribution in [2.24, 2.45) is 17.2 Å². The summed E-state index contributed by atoms with van der Waals surface area (Å²) in [5, 5.41) is 13.8. The number of nitrogens with two attached hydrogens (primary N) is 3. The van der Waals surface area contributed by atoms with E-state index in [0.717, 1.165) is 0 Å². The Labute approximate surface area is 145 Å². The molecule has 0 aliphatic heterocycles. The summed E-state index contributed by atoms with van der Waals surface area (Å²) >= 11 is 3.96. The van der Waals surface area contributed by atoms with Gasteiger partial charge in [0.1, 0.15) is 12.1 Å². The summed E-state index contributed by atoms with van der Waals surface area (Å²) in [4.78, 5) is 45.8. The smallest absolute Gasteiger partial charge is 0.326 e. The van der Waals surface area contributed by atoms with Crippen LogP contribution in [0.1, 0.15) is 25.7 Å². The third-order valence-corrected chi connectivity index (χ3v) is 3.50. The molecule has 0 saturated carbocycles. The van der Waals surface area contributed by atoms with Gasteiger partial charge in [-0.1, -0.05) is 0 Å². The summed E-state index contributed by atoms with van der Waals surface area (Å²) in [6, 6.07) is -3.38. The molecule has 3 atom stereocenters. The van der Waals surface area contributed by atoms with Gasteiger partial charge < -0.3 is 32.9 Å². The Hall–Kier alpha value is -1.85. The van der Waals surface area contributed by atoms with Crippen LogP contribution in [-0.2, 0) is 19.2 Å². The number of unbranched alkanes of at least 4 members (excludes halogenated alkanes) is 1. The zero-order valence-corrected chi connectivity index (χ0v) is 14.1. The van der Waals surface area contributed by atoms with E-state index in [2.05, 4.69) is 23.3 Å². The van der Waals surface area contributed by atoms with Crippen molar-refractivity contribution in [3.63, 3.8) is 0 Å². The van der Waals surface area contributed by atoms with Crippen LogP contribution in [0.2, 0.25) is 0 Å². The highest BCUT2D eigenvalue weighted by molar-refractivity contribution is 7.80. The van der Waals surface area contributed by atoms with Gasteiger partial charge in [0.25, 0.3) is 0 Å². The van der Waals surface area contributed by atoms with E-state index in [0.29, 0.717) is 19.4 Å². The fraction of sp³-hybridized carbons (Fsp3) is 0.692. The van der Waals surface area contributed by atoms with E-state index in [1.807, 2.05) is 0 Å². The van der Waals surface area contributed by atoms with Gasteiger partial charge in [-0.05, 0) is 25.8 Å². The van der Waals surface area contributed by atoms with Crippen molar-refractivity contribution in [1.29, 1.82) is 0 Å². The van der Waals surface area contributed by atoms with Crippen LogP contribution < -0.4 is 27.8 Å². The van der Waals surface area contributed by atoms with Gasteiger partial charge >= 0.3 is 5.97 Å². The molecule has 0 heterocycles. The quantitative estimate of drug-likeness (QED) is 0.145. The summed E-state index contributed by atoms with van der Waals surface area (Å²) in [5.41, 5.74) is 15.8. The first-order chi connectivity index (χ1) is 11.2. The van der Waals surface area contributed by atoms with Crippen molar-refractivity contribution >= 4 is 36.3 Å². The predicted octanol–water partition coefficient (Wildman–Crippen LogP) is -2.70. The maximum absolute atomic E-state index is 12.1. The molecular weight excluding hydrogens is 338 g/mol. The second kappa shape index (κ2) is 11.6. The Morgan fingerprint density at radius 3 is 2.08 bits per heavy atom. The van der Waals surface area contributed by atoms with Gasteiger partial charge in [0.15, 0.2) is 0 Å². The Bertz CT molecular complexity index is 462. The van der Waals surface area contributed by atoms with E-state index in [1.165, 1.54) is 0 Å². The van der Waals surface area contributed by atoms with E-state index in [9.17, 15) is 19.2 Å². The summed E-state index contributed by atoms with van der Waals surface area (Å²) < 4.78 is 0.